The molecular formula is C26H32N2O4. The van der Waals surface area contributed by atoms with Crippen molar-refractivity contribution in [1.29, 1.82) is 0 Å². The summed E-state index contributed by atoms with van der Waals surface area (Å²) in [5, 5.41) is 2.79. The van der Waals surface area contributed by atoms with E-state index in [1.165, 1.54) is 5.56 Å². The van der Waals surface area contributed by atoms with Crippen LogP contribution in [0.25, 0.3) is 0 Å². The number of piperidine rings is 1. The van der Waals surface area contributed by atoms with Gasteiger partial charge < -0.3 is 15.0 Å². The van der Waals surface area contributed by atoms with Crippen LogP contribution in [0.3, 0.4) is 0 Å². The van der Waals surface area contributed by atoms with Crippen LogP contribution in [0, 0.1) is 19.8 Å². The summed E-state index contributed by atoms with van der Waals surface area (Å²) < 4.78 is 5.37. The lowest BCUT2D eigenvalue weighted by molar-refractivity contribution is -0.150. The van der Waals surface area contributed by atoms with Crippen molar-refractivity contribution in [1.82, 2.24) is 10.2 Å². The van der Waals surface area contributed by atoms with Gasteiger partial charge in [0.25, 0.3) is 5.91 Å². The number of esters is 1. The second-order valence-electron chi connectivity index (χ2n) is 8.46. The number of carbonyl (C=O) groups is 3. The number of ether oxygens (including phenoxy) is 1. The Balaban J connectivity index is 1.36. The molecule has 1 aliphatic heterocycles. The predicted octanol–water partition coefficient (Wildman–Crippen LogP) is 3.45. The molecular weight excluding hydrogens is 404 g/mol. The molecule has 2 aromatic rings. The maximum absolute atomic E-state index is 12.7. The fourth-order valence-corrected chi connectivity index (χ4v) is 3.79. The molecule has 0 bridgehead atoms. The first-order chi connectivity index (χ1) is 15.4. The lowest BCUT2D eigenvalue weighted by Gasteiger charge is -2.31. The maximum atomic E-state index is 12.7. The maximum Gasteiger partial charge on any atom is 0.310 e. The van der Waals surface area contributed by atoms with Crippen molar-refractivity contribution in [3.63, 3.8) is 0 Å². The molecule has 1 unspecified atom stereocenters. The van der Waals surface area contributed by atoms with Gasteiger partial charge in [0, 0.05) is 25.1 Å². The van der Waals surface area contributed by atoms with Crippen LogP contribution in [-0.4, -0.2) is 48.9 Å². The van der Waals surface area contributed by atoms with Gasteiger partial charge in [-0.15, -0.1) is 0 Å². The zero-order valence-electron chi connectivity index (χ0n) is 18.9. The summed E-state index contributed by atoms with van der Waals surface area (Å²) in [4.78, 5) is 38.9. The molecule has 6 heteroatoms. The van der Waals surface area contributed by atoms with E-state index in [4.69, 9.17) is 4.74 Å². The topological polar surface area (TPSA) is 75.7 Å². The standard InChI is InChI=1S/C26H32N2O4/c1-19-5-9-21(10-6-19)11-14-24(29)27-15-17-32-26(31)23-4-3-16-28(18-23)25(30)22-12-7-20(2)8-13-22/h5-10,12-13,23H,3-4,11,14-18H2,1-2H3,(H,27,29). The lowest BCUT2D eigenvalue weighted by Crippen LogP contribution is -2.43. The van der Waals surface area contributed by atoms with Crippen LogP contribution in [-0.2, 0) is 20.7 Å². The number of rotatable bonds is 8. The Morgan fingerprint density at radius 1 is 1.00 bits per heavy atom. The first-order valence-corrected chi connectivity index (χ1v) is 11.3. The van der Waals surface area contributed by atoms with Gasteiger partial charge in [0.05, 0.1) is 12.5 Å². The zero-order valence-corrected chi connectivity index (χ0v) is 18.9. The van der Waals surface area contributed by atoms with Gasteiger partial charge in [0.2, 0.25) is 5.91 Å². The van der Waals surface area contributed by atoms with E-state index in [1.54, 1.807) is 4.90 Å². The van der Waals surface area contributed by atoms with E-state index >= 15 is 0 Å². The summed E-state index contributed by atoms with van der Waals surface area (Å²) in [7, 11) is 0. The van der Waals surface area contributed by atoms with E-state index in [2.05, 4.69) is 5.32 Å². The number of nitrogens with one attached hydrogen (secondary N) is 1. The van der Waals surface area contributed by atoms with Gasteiger partial charge in [-0.2, -0.15) is 0 Å². The highest BCUT2D eigenvalue weighted by atomic mass is 16.5. The fraction of sp³-hybridized carbons (Fsp3) is 0.423. The van der Waals surface area contributed by atoms with Crippen molar-refractivity contribution >= 4 is 17.8 Å². The molecule has 32 heavy (non-hydrogen) atoms. The minimum Gasteiger partial charge on any atom is -0.464 e. The third-order valence-corrected chi connectivity index (χ3v) is 5.77. The van der Waals surface area contributed by atoms with Gasteiger partial charge in [-0.25, -0.2) is 0 Å². The number of amides is 2. The van der Waals surface area contributed by atoms with E-state index in [0.717, 1.165) is 17.5 Å². The molecule has 6 nitrogen and oxygen atoms in total. The second kappa shape index (κ2) is 11.5. The number of nitrogens with zero attached hydrogens (tertiary/aromatic N) is 1. The van der Waals surface area contributed by atoms with Crippen molar-refractivity contribution in [2.75, 3.05) is 26.2 Å². The van der Waals surface area contributed by atoms with Crippen LogP contribution >= 0.6 is 0 Å². The first kappa shape index (κ1) is 23.5. The molecule has 1 fully saturated rings. The Bertz CT molecular complexity index is 922. The molecule has 3 rings (SSSR count). The number of carbonyl (C=O) groups excluding carboxylic acids is 3. The molecule has 2 aromatic carbocycles. The molecule has 1 heterocycles. The van der Waals surface area contributed by atoms with Crippen LogP contribution in [0.15, 0.2) is 48.5 Å². The van der Waals surface area contributed by atoms with E-state index in [0.29, 0.717) is 37.9 Å². The summed E-state index contributed by atoms with van der Waals surface area (Å²) in [6.07, 6.45) is 2.56. The van der Waals surface area contributed by atoms with Crippen molar-refractivity contribution in [2.24, 2.45) is 5.92 Å². The van der Waals surface area contributed by atoms with Crippen LogP contribution in [0.2, 0.25) is 0 Å². The molecule has 0 aliphatic carbocycles. The van der Waals surface area contributed by atoms with Gasteiger partial charge in [-0.3, -0.25) is 14.4 Å². The van der Waals surface area contributed by atoms with E-state index in [-0.39, 0.29) is 36.9 Å². The largest absolute Gasteiger partial charge is 0.464 e. The zero-order chi connectivity index (χ0) is 22.9. The monoisotopic (exact) mass is 436 g/mol. The van der Waals surface area contributed by atoms with E-state index in [1.807, 2.05) is 62.4 Å². The molecule has 1 aliphatic rings. The van der Waals surface area contributed by atoms with Crippen molar-refractivity contribution in [3.8, 4) is 0 Å². The van der Waals surface area contributed by atoms with Crippen LogP contribution < -0.4 is 5.32 Å². The Morgan fingerprint density at radius 2 is 1.66 bits per heavy atom. The smallest absolute Gasteiger partial charge is 0.310 e. The molecule has 170 valence electrons. The number of hydrogen-bond donors (Lipinski definition) is 1. The van der Waals surface area contributed by atoms with Gasteiger partial charge in [0.1, 0.15) is 6.61 Å². The molecule has 0 radical (unpaired) electrons. The Labute approximate surface area is 189 Å². The van der Waals surface area contributed by atoms with Crippen LogP contribution in [0.5, 0.6) is 0 Å². The number of hydrogen-bond acceptors (Lipinski definition) is 4. The Morgan fingerprint density at radius 3 is 2.34 bits per heavy atom. The van der Waals surface area contributed by atoms with Gasteiger partial charge in [0.15, 0.2) is 0 Å². The van der Waals surface area contributed by atoms with Crippen molar-refractivity contribution < 1.29 is 19.1 Å². The molecule has 0 spiro atoms. The van der Waals surface area contributed by atoms with Gasteiger partial charge >= 0.3 is 5.97 Å². The predicted molar refractivity (Wildman–Crippen MR) is 123 cm³/mol. The minimum absolute atomic E-state index is 0.0525. The van der Waals surface area contributed by atoms with E-state index < -0.39 is 0 Å². The molecule has 1 N–H and O–H groups in total. The van der Waals surface area contributed by atoms with Gasteiger partial charge in [-0.1, -0.05) is 47.5 Å². The Hall–Kier alpha value is -3.15. The highest BCUT2D eigenvalue weighted by molar-refractivity contribution is 5.94. The molecule has 1 saturated heterocycles. The molecule has 2 amide bonds. The highest BCUT2D eigenvalue weighted by Crippen LogP contribution is 2.20. The third-order valence-electron chi connectivity index (χ3n) is 5.77. The molecule has 0 saturated carbocycles. The van der Waals surface area contributed by atoms with Crippen LogP contribution in [0.1, 0.15) is 46.3 Å². The molecule has 1 atom stereocenters. The quantitative estimate of drug-likeness (QED) is 0.508. The average Bonchev–Trinajstić information content (AvgIpc) is 2.81. The number of aryl methyl sites for hydroxylation is 3. The summed E-state index contributed by atoms with van der Waals surface area (Å²) in [5.41, 5.74) is 4.06. The van der Waals surface area contributed by atoms with E-state index in [9.17, 15) is 14.4 Å². The minimum atomic E-state index is -0.324. The van der Waals surface area contributed by atoms with Crippen LogP contribution in [0.4, 0.5) is 0 Å². The lowest BCUT2D eigenvalue weighted by atomic mass is 9.97. The molecule has 0 aromatic heterocycles. The number of benzene rings is 2. The first-order valence-electron chi connectivity index (χ1n) is 11.3. The normalized spacial score (nSPS) is 15.8. The summed E-state index contributed by atoms with van der Waals surface area (Å²) in [6.45, 7) is 5.45. The Kier molecular flexibility index (Phi) is 8.42. The third kappa shape index (κ3) is 6.94. The summed E-state index contributed by atoms with van der Waals surface area (Å²) >= 11 is 0. The number of likely N-dealkylation sites (tertiary alicyclic amines) is 1. The summed E-state index contributed by atoms with van der Waals surface area (Å²) in [6, 6.07) is 15.6. The summed E-state index contributed by atoms with van der Waals surface area (Å²) in [5.74, 6) is -0.742. The second-order valence-corrected chi connectivity index (χ2v) is 8.46. The van der Waals surface area contributed by atoms with Gasteiger partial charge in [-0.05, 0) is 50.8 Å². The highest BCUT2D eigenvalue weighted by Gasteiger charge is 2.29. The fourth-order valence-electron chi connectivity index (χ4n) is 3.79. The van der Waals surface area contributed by atoms with Crippen molar-refractivity contribution in [3.05, 3.63) is 70.8 Å². The SMILES string of the molecule is Cc1ccc(CCC(=O)NCCOC(=O)C2CCCN(C(=O)c3ccc(C)cc3)C2)cc1. The average molecular weight is 437 g/mol. The van der Waals surface area contributed by atoms with Crippen molar-refractivity contribution in [2.45, 2.75) is 39.5 Å².